The third-order valence-electron chi connectivity index (χ3n) is 5.80. The molecule has 212 valence electrons. The van der Waals surface area contributed by atoms with Crippen LogP contribution < -0.4 is 73.7 Å². The first-order chi connectivity index (χ1) is 14.6. The number of hydrogen-bond donors (Lipinski definition) is 3. The van der Waals surface area contributed by atoms with Crippen molar-refractivity contribution in [2.24, 2.45) is 11.8 Å². The summed E-state index contributed by atoms with van der Waals surface area (Å²) in [6.07, 6.45) is 5.77. The van der Waals surface area contributed by atoms with Gasteiger partial charge in [-0.05, 0) is 98.8 Å². The van der Waals surface area contributed by atoms with Crippen molar-refractivity contribution in [3.63, 3.8) is 0 Å². The fraction of sp³-hybridized carbons (Fsp3) is 0.917. The molecule has 13 heteroatoms. The van der Waals surface area contributed by atoms with Crippen LogP contribution >= 0.6 is 0 Å². The molecular weight excluding hydrogens is 538 g/mol. The van der Waals surface area contributed by atoms with Gasteiger partial charge in [0.25, 0.3) is 0 Å². The molecule has 0 saturated heterocycles. The Morgan fingerprint density at radius 2 is 0.973 bits per heavy atom. The quantitative estimate of drug-likeness (QED) is 0.281. The molecule has 37 heavy (non-hydrogen) atoms. The zero-order chi connectivity index (χ0) is 24.7. The van der Waals surface area contributed by atoms with Crippen LogP contribution in [0.1, 0.15) is 108 Å². The molecule has 0 bridgehead atoms. The van der Waals surface area contributed by atoms with E-state index in [1.807, 2.05) is 41.5 Å². The van der Waals surface area contributed by atoms with Gasteiger partial charge in [-0.3, -0.25) is 4.79 Å². The minimum Gasteiger partial charge on any atom is -0.870 e. The zero-order valence-electron chi connectivity index (χ0n) is 22.7. The first-order valence-electron chi connectivity index (χ1n) is 11.4. The number of carboxylic acids is 2. The van der Waals surface area contributed by atoms with E-state index in [1.165, 1.54) is 0 Å². The van der Waals surface area contributed by atoms with Crippen LogP contribution in [0.25, 0.3) is 0 Å². The number of aliphatic carboxylic acids is 2. The minimum absolute atomic E-state index is 0. The predicted molar refractivity (Wildman–Crippen MR) is 142 cm³/mol. The van der Waals surface area contributed by atoms with Gasteiger partial charge in [0.15, 0.2) is 0 Å². The van der Waals surface area contributed by atoms with Gasteiger partial charge in [-0.2, -0.15) is 0 Å². The van der Waals surface area contributed by atoms with E-state index < -0.39 is 33.9 Å². The van der Waals surface area contributed by atoms with E-state index in [-0.39, 0.29) is 113 Å². The summed E-state index contributed by atoms with van der Waals surface area (Å²) in [4.78, 5) is 21.4. The first kappa shape index (κ1) is 47.9. The average molecular weight is 589 g/mol. The summed E-state index contributed by atoms with van der Waals surface area (Å²) in [6.45, 7) is 11.5. The van der Waals surface area contributed by atoms with Crippen molar-refractivity contribution in [3.8, 4) is 0 Å². The van der Waals surface area contributed by atoms with Gasteiger partial charge in [-0.15, -0.1) is 0 Å². The molecule has 0 aromatic carbocycles. The summed E-state index contributed by atoms with van der Waals surface area (Å²) in [6, 6.07) is 0.381. The van der Waals surface area contributed by atoms with E-state index in [2.05, 4.69) is 9.44 Å². The van der Waals surface area contributed by atoms with E-state index in [0.29, 0.717) is 25.7 Å². The van der Waals surface area contributed by atoms with Crippen LogP contribution in [0.4, 0.5) is 0 Å². The number of rotatable bonds is 6. The Kier molecular flexibility index (Phi) is 28.2. The Bertz CT molecular complexity index is 628. The van der Waals surface area contributed by atoms with Gasteiger partial charge >= 0.3 is 65.1 Å². The number of nitrogens with one attached hydrogen (secondary N) is 2. The molecule has 2 rings (SSSR count). The summed E-state index contributed by atoms with van der Waals surface area (Å²) in [5, 5.41) is 19.5. The second-order valence-electron chi connectivity index (χ2n) is 10.8. The van der Waals surface area contributed by atoms with E-state index in [9.17, 15) is 23.1 Å². The Morgan fingerprint density at radius 3 is 1.19 bits per heavy atom. The molecule has 2 fully saturated rings. The van der Waals surface area contributed by atoms with Crippen molar-refractivity contribution in [2.75, 3.05) is 0 Å². The Balaban J connectivity index is -0.000000163. The predicted octanol–water partition coefficient (Wildman–Crippen LogP) is -2.87. The monoisotopic (exact) mass is 588 g/mol. The van der Waals surface area contributed by atoms with Gasteiger partial charge in [0.05, 0.1) is 37.4 Å². The fourth-order valence-corrected chi connectivity index (χ4v) is 5.35. The molecular formula is C24H50N2Na2O7S2. The van der Waals surface area contributed by atoms with Gasteiger partial charge in [0, 0.05) is 18.1 Å². The maximum absolute atomic E-state index is 11.8. The van der Waals surface area contributed by atoms with E-state index in [4.69, 9.17) is 5.11 Å². The Morgan fingerprint density at radius 1 is 0.703 bits per heavy atom. The Hall–Kier alpha value is 1.12. The molecule has 2 unspecified atom stereocenters. The second-order valence-corrected chi connectivity index (χ2v) is 14.7. The number of carbonyl (C=O) groups excluding carboxylic acids is 1. The molecule has 4 N–H and O–H groups in total. The molecule has 9 nitrogen and oxygen atoms in total. The van der Waals surface area contributed by atoms with Crippen molar-refractivity contribution in [3.05, 3.63) is 0 Å². The van der Waals surface area contributed by atoms with Crippen LogP contribution in [-0.2, 0) is 31.6 Å². The topological polar surface area (TPSA) is 166 Å². The van der Waals surface area contributed by atoms with Gasteiger partial charge in [0.1, 0.15) is 0 Å². The normalized spacial score (nSPS) is 24.8. The largest absolute Gasteiger partial charge is 1.00 e. The number of carboxylic acid groups (broad SMARTS) is 2. The molecule has 0 radical (unpaired) electrons. The van der Waals surface area contributed by atoms with Crippen LogP contribution in [0.3, 0.4) is 0 Å². The molecule has 2 aliphatic rings. The summed E-state index contributed by atoms with van der Waals surface area (Å²) in [5.41, 5.74) is 0. The van der Waals surface area contributed by atoms with Crippen molar-refractivity contribution in [1.29, 1.82) is 0 Å². The molecule has 2 aliphatic carbocycles. The third-order valence-corrected chi connectivity index (χ3v) is 9.12. The van der Waals surface area contributed by atoms with Crippen LogP contribution in [0.5, 0.6) is 0 Å². The summed E-state index contributed by atoms with van der Waals surface area (Å²) >= 11 is 0. The standard InChI is InChI=1S/2C11H21NO3S.2CH4.2Na.H2O/c2*1-11(2,3)16(15)12-9-6-4-8(5-7-9)10(13)14;;;;;/h2*8-9,12H,4-7H2,1-3H3,(H,13,14);2*1H4;;;1H2/q;;;;2*+1;/p-2. The first-order valence-corrected chi connectivity index (χ1v) is 13.7. The zero-order valence-corrected chi connectivity index (χ0v) is 28.4. The number of hydrogen-bond acceptors (Lipinski definition) is 6. The summed E-state index contributed by atoms with van der Waals surface area (Å²) in [7, 11) is -2.12. The number of carbonyl (C=O) groups is 2. The van der Waals surface area contributed by atoms with E-state index in [0.717, 1.165) is 25.7 Å². The van der Waals surface area contributed by atoms with Crippen LogP contribution in [-0.4, -0.2) is 52.5 Å². The van der Waals surface area contributed by atoms with E-state index >= 15 is 0 Å². The van der Waals surface area contributed by atoms with Crippen molar-refractivity contribution in [1.82, 2.24) is 9.44 Å². The van der Waals surface area contributed by atoms with Gasteiger partial charge in [-0.25, -0.2) is 17.9 Å². The van der Waals surface area contributed by atoms with Crippen LogP contribution in [0.15, 0.2) is 0 Å². The molecule has 0 amide bonds. The second kappa shape index (κ2) is 21.8. The molecule has 0 spiro atoms. The van der Waals surface area contributed by atoms with Crippen LogP contribution in [0, 0.1) is 11.8 Å². The maximum Gasteiger partial charge on any atom is 1.00 e. The third kappa shape index (κ3) is 19.0. The summed E-state index contributed by atoms with van der Waals surface area (Å²) in [5.74, 6) is -2.17. The Labute approximate surface area is 274 Å². The molecule has 0 aromatic rings. The van der Waals surface area contributed by atoms with Gasteiger partial charge in [-0.1, -0.05) is 14.9 Å². The molecule has 0 aromatic heterocycles. The van der Waals surface area contributed by atoms with Crippen molar-refractivity contribution >= 4 is 33.9 Å². The SMILES string of the molecule is C.C.CC(C)(C)S(=O)NC1CCC(C(=O)O)CC1.CC(C)(C)S(=O)NC1CCC(C(=O)[O-])CC1.[Na+].[Na+].[OH-]. The summed E-state index contributed by atoms with van der Waals surface area (Å²) < 4.78 is 29.3. The van der Waals surface area contributed by atoms with E-state index in [1.54, 1.807) is 0 Å². The molecule has 2 atom stereocenters. The van der Waals surface area contributed by atoms with Crippen molar-refractivity contribution < 1.29 is 92.8 Å². The van der Waals surface area contributed by atoms with Crippen molar-refractivity contribution in [2.45, 2.75) is 129 Å². The molecule has 0 aliphatic heterocycles. The fourth-order valence-electron chi connectivity index (χ4n) is 3.56. The van der Waals surface area contributed by atoms with Crippen LogP contribution in [0.2, 0.25) is 0 Å². The molecule has 0 heterocycles. The van der Waals surface area contributed by atoms with Gasteiger partial charge in [0.2, 0.25) is 0 Å². The smallest absolute Gasteiger partial charge is 0.870 e. The van der Waals surface area contributed by atoms with Gasteiger partial charge < -0.3 is 20.5 Å². The minimum atomic E-state index is -1.07. The molecule has 2 saturated carbocycles. The average Bonchev–Trinajstić information content (AvgIpc) is 2.68. The maximum atomic E-state index is 11.8.